The van der Waals surface area contributed by atoms with Crippen LogP contribution in [0.2, 0.25) is 0 Å². The monoisotopic (exact) mass is 391 g/mol. The molecule has 0 saturated heterocycles. The van der Waals surface area contributed by atoms with E-state index in [0.29, 0.717) is 0 Å². The van der Waals surface area contributed by atoms with Crippen LogP contribution in [0.4, 0.5) is 17.1 Å². The van der Waals surface area contributed by atoms with Crippen LogP contribution in [-0.2, 0) is 5.41 Å². The zero-order valence-electron chi connectivity index (χ0n) is 16.5. The van der Waals surface area contributed by atoms with Gasteiger partial charge in [0, 0.05) is 26.5 Å². The summed E-state index contributed by atoms with van der Waals surface area (Å²) in [6.45, 7) is 4.70. The third-order valence-electron chi connectivity index (χ3n) is 6.25. The third-order valence-corrected chi connectivity index (χ3v) is 7.44. The van der Waals surface area contributed by atoms with E-state index in [1.807, 2.05) is 11.8 Å². The van der Waals surface area contributed by atoms with Crippen molar-refractivity contribution >= 4 is 28.8 Å². The maximum atomic E-state index is 2.41. The molecule has 0 bridgehead atoms. The van der Waals surface area contributed by atoms with Gasteiger partial charge in [0.2, 0.25) is 0 Å². The summed E-state index contributed by atoms with van der Waals surface area (Å²) in [5.74, 6) is 0. The molecule has 0 spiro atoms. The maximum Gasteiger partial charge on any atom is 0.0608 e. The summed E-state index contributed by atoms with van der Waals surface area (Å²) < 4.78 is 0. The molecular formula is C27H21NS. The van der Waals surface area contributed by atoms with E-state index in [0.717, 1.165) is 0 Å². The van der Waals surface area contributed by atoms with Crippen molar-refractivity contribution < 1.29 is 0 Å². The Bertz CT molecular complexity index is 1260. The first-order valence-electron chi connectivity index (χ1n) is 10.1. The molecule has 0 N–H and O–H groups in total. The highest BCUT2D eigenvalue weighted by atomic mass is 32.2. The van der Waals surface area contributed by atoms with Crippen LogP contribution in [-0.4, -0.2) is 0 Å². The Kier molecular flexibility index (Phi) is 3.51. The first-order valence-corrected chi connectivity index (χ1v) is 10.9. The van der Waals surface area contributed by atoms with E-state index in [4.69, 9.17) is 0 Å². The van der Waals surface area contributed by atoms with E-state index >= 15 is 0 Å². The van der Waals surface area contributed by atoms with Gasteiger partial charge in [0.05, 0.1) is 11.4 Å². The van der Waals surface area contributed by atoms with Crippen molar-refractivity contribution in [2.75, 3.05) is 4.90 Å². The van der Waals surface area contributed by atoms with Gasteiger partial charge in [-0.25, -0.2) is 0 Å². The SMILES string of the molecule is CC1(C)c2ccccc2-c2c1ccc1c2Sc2ccccc2N1c1ccccc1. The molecule has 2 aliphatic rings. The predicted octanol–water partition coefficient (Wildman–Crippen LogP) is 7.93. The molecule has 140 valence electrons. The summed E-state index contributed by atoms with van der Waals surface area (Å²) in [7, 11) is 0. The molecule has 1 aliphatic carbocycles. The molecule has 0 radical (unpaired) electrons. The van der Waals surface area contributed by atoms with Gasteiger partial charge in [-0.3, -0.25) is 0 Å². The lowest BCUT2D eigenvalue weighted by atomic mass is 9.82. The van der Waals surface area contributed by atoms with Crippen molar-refractivity contribution in [2.24, 2.45) is 0 Å². The van der Waals surface area contributed by atoms with Crippen LogP contribution in [0.5, 0.6) is 0 Å². The Morgan fingerprint density at radius 3 is 2.24 bits per heavy atom. The molecule has 0 fully saturated rings. The van der Waals surface area contributed by atoms with Crippen molar-refractivity contribution in [1.29, 1.82) is 0 Å². The lowest BCUT2D eigenvalue weighted by molar-refractivity contribution is 0.659. The van der Waals surface area contributed by atoms with Gasteiger partial charge in [-0.05, 0) is 47.0 Å². The molecule has 1 nitrogen and oxygen atoms in total. The molecule has 4 aromatic carbocycles. The van der Waals surface area contributed by atoms with E-state index in [9.17, 15) is 0 Å². The average molecular weight is 392 g/mol. The summed E-state index contributed by atoms with van der Waals surface area (Å²) in [5, 5.41) is 0. The summed E-state index contributed by atoms with van der Waals surface area (Å²) in [4.78, 5) is 5.08. The minimum absolute atomic E-state index is 0.0239. The van der Waals surface area contributed by atoms with Crippen LogP contribution in [0.1, 0.15) is 25.0 Å². The number of rotatable bonds is 1. The largest absolute Gasteiger partial charge is 0.308 e. The summed E-state index contributed by atoms with van der Waals surface area (Å²) >= 11 is 1.91. The zero-order valence-corrected chi connectivity index (χ0v) is 17.3. The lowest BCUT2D eigenvalue weighted by Gasteiger charge is -2.34. The van der Waals surface area contributed by atoms with Crippen LogP contribution in [0.15, 0.2) is 101 Å². The van der Waals surface area contributed by atoms with E-state index in [2.05, 4.69) is 110 Å². The van der Waals surface area contributed by atoms with E-state index in [1.165, 1.54) is 49.1 Å². The zero-order chi connectivity index (χ0) is 19.6. The molecule has 0 unspecified atom stereocenters. The number of benzene rings is 4. The molecule has 6 rings (SSSR count). The molecule has 0 atom stereocenters. The number of fused-ring (bicyclic) bond motifs is 6. The Labute approximate surface area is 176 Å². The highest BCUT2D eigenvalue weighted by molar-refractivity contribution is 8.00. The number of hydrogen-bond donors (Lipinski definition) is 0. The van der Waals surface area contributed by atoms with Gasteiger partial charge in [-0.15, -0.1) is 0 Å². The molecule has 2 heteroatoms. The molecule has 1 heterocycles. The van der Waals surface area contributed by atoms with E-state index in [1.54, 1.807) is 0 Å². The Morgan fingerprint density at radius 1 is 0.655 bits per heavy atom. The fourth-order valence-electron chi connectivity index (χ4n) is 4.85. The topological polar surface area (TPSA) is 3.24 Å². The number of nitrogens with zero attached hydrogens (tertiary/aromatic N) is 1. The van der Waals surface area contributed by atoms with Gasteiger partial charge in [0.1, 0.15) is 0 Å². The highest BCUT2D eigenvalue weighted by Gasteiger charge is 2.39. The third kappa shape index (κ3) is 2.30. The fraction of sp³-hybridized carbons (Fsp3) is 0.111. The number of hydrogen-bond acceptors (Lipinski definition) is 2. The standard InChI is InChI=1S/C27H21NS/c1-27(2)20-13-7-6-12-19(20)25-21(27)16-17-23-26(25)29-24-15-9-8-14-22(24)28(23)18-10-4-3-5-11-18/h3-17H,1-2H3. The second kappa shape index (κ2) is 6.01. The van der Waals surface area contributed by atoms with Crippen molar-refractivity contribution in [3.8, 4) is 11.1 Å². The summed E-state index contributed by atoms with van der Waals surface area (Å²) in [6, 6.07) is 33.0. The maximum absolute atomic E-state index is 2.41. The fourth-order valence-corrected chi connectivity index (χ4v) is 6.07. The van der Waals surface area contributed by atoms with E-state index in [-0.39, 0.29) is 5.41 Å². The Balaban J connectivity index is 1.68. The number of para-hydroxylation sites is 2. The van der Waals surface area contributed by atoms with Crippen molar-refractivity contribution in [3.63, 3.8) is 0 Å². The molecule has 4 aromatic rings. The Hall–Kier alpha value is -2.97. The first-order chi connectivity index (χ1) is 14.2. The van der Waals surface area contributed by atoms with Crippen molar-refractivity contribution in [3.05, 3.63) is 102 Å². The quantitative estimate of drug-likeness (QED) is 0.285. The molecule has 0 aromatic heterocycles. The van der Waals surface area contributed by atoms with Gasteiger partial charge in [0.25, 0.3) is 0 Å². The minimum atomic E-state index is 0.0239. The normalized spacial score (nSPS) is 15.3. The minimum Gasteiger partial charge on any atom is -0.308 e. The van der Waals surface area contributed by atoms with Crippen molar-refractivity contribution in [1.82, 2.24) is 0 Å². The van der Waals surface area contributed by atoms with Crippen molar-refractivity contribution in [2.45, 2.75) is 29.1 Å². The number of anilines is 3. The van der Waals surface area contributed by atoms with Crippen LogP contribution < -0.4 is 4.90 Å². The van der Waals surface area contributed by atoms with Gasteiger partial charge < -0.3 is 4.90 Å². The van der Waals surface area contributed by atoms with Gasteiger partial charge in [-0.1, -0.05) is 86.3 Å². The molecule has 0 saturated carbocycles. The molecule has 0 amide bonds. The smallest absolute Gasteiger partial charge is 0.0608 e. The first kappa shape index (κ1) is 16.9. The molecular weight excluding hydrogens is 370 g/mol. The summed E-state index contributed by atoms with van der Waals surface area (Å²) in [6.07, 6.45) is 0. The second-order valence-corrected chi connectivity index (χ2v) is 9.30. The van der Waals surface area contributed by atoms with Gasteiger partial charge >= 0.3 is 0 Å². The molecule has 29 heavy (non-hydrogen) atoms. The predicted molar refractivity (Wildman–Crippen MR) is 123 cm³/mol. The average Bonchev–Trinajstić information content (AvgIpc) is 3.00. The van der Waals surface area contributed by atoms with Gasteiger partial charge in [-0.2, -0.15) is 0 Å². The second-order valence-electron chi connectivity index (χ2n) is 8.25. The van der Waals surface area contributed by atoms with Crippen LogP contribution in [0.3, 0.4) is 0 Å². The molecule has 1 aliphatic heterocycles. The van der Waals surface area contributed by atoms with E-state index < -0.39 is 0 Å². The van der Waals surface area contributed by atoms with Crippen LogP contribution in [0, 0.1) is 0 Å². The highest BCUT2D eigenvalue weighted by Crippen LogP contribution is 2.59. The van der Waals surface area contributed by atoms with Crippen LogP contribution >= 0.6 is 11.8 Å². The lowest BCUT2D eigenvalue weighted by Crippen LogP contribution is -2.17. The Morgan fingerprint density at radius 2 is 1.38 bits per heavy atom. The van der Waals surface area contributed by atoms with Crippen LogP contribution in [0.25, 0.3) is 11.1 Å². The summed E-state index contributed by atoms with van der Waals surface area (Å²) in [5.41, 5.74) is 9.38. The van der Waals surface area contributed by atoms with Gasteiger partial charge in [0.15, 0.2) is 0 Å².